The summed E-state index contributed by atoms with van der Waals surface area (Å²) < 4.78 is 5.33. The van der Waals surface area contributed by atoms with Gasteiger partial charge in [0, 0.05) is 37.4 Å². The van der Waals surface area contributed by atoms with Crippen molar-refractivity contribution in [2.24, 2.45) is 0 Å². The number of rotatable bonds is 8. The SMILES string of the molecule is CC(C)c1ccc(-c2noc(CCC(=O)N3CCCCC3CCC(=O)O)n2)cc1. The van der Waals surface area contributed by atoms with Crippen molar-refractivity contribution in [1.29, 1.82) is 0 Å². The smallest absolute Gasteiger partial charge is 0.303 e. The van der Waals surface area contributed by atoms with E-state index in [-0.39, 0.29) is 24.8 Å². The van der Waals surface area contributed by atoms with Gasteiger partial charge in [0.2, 0.25) is 17.6 Å². The van der Waals surface area contributed by atoms with Gasteiger partial charge in [-0.25, -0.2) is 0 Å². The van der Waals surface area contributed by atoms with E-state index in [1.54, 1.807) is 0 Å². The van der Waals surface area contributed by atoms with E-state index in [1.165, 1.54) is 5.56 Å². The minimum absolute atomic E-state index is 0.0186. The molecule has 1 aliphatic rings. The van der Waals surface area contributed by atoms with Gasteiger partial charge < -0.3 is 14.5 Å². The van der Waals surface area contributed by atoms with Crippen LogP contribution in [0.2, 0.25) is 0 Å². The second-order valence-electron chi connectivity index (χ2n) is 7.96. The van der Waals surface area contributed by atoms with Gasteiger partial charge in [0.1, 0.15) is 0 Å². The van der Waals surface area contributed by atoms with Gasteiger partial charge in [-0.1, -0.05) is 43.3 Å². The molecule has 156 valence electrons. The fraction of sp³-hybridized carbons (Fsp3) is 0.545. The van der Waals surface area contributed by atoms with Crippen LogP contribution < -0.4 is 0 Å². The molecule has 0 bridgehead atoms. The van der Waals surface area contributed by atoms with Crippen molar-refractivity contribution in [2.75, 3.05) is 6.54 Å². The van der Waals surface area contributed by atoms with E-state index in [0.717, 1.165) is 24.8 Å². The molecule has 0 spiro atoms. The Balaban J connectivity index is 1.56. The Bertz CT molecular complexity index is 829. The molecule has 1 aliphatic heterocycles. The number of hydrogen-bond donors (Lipinski definition) is 1. The summed E-state index contributed by atoms with van der Waals surface area (Å²) in [5.74, 6) is 0.648. The molecule has 29 heavy (non-hydrogen) atoms. The molecular formula is C22H29N3O4. The summed E-state index contributed by atoms with van der Waals surface area (Å²) in [7, 11) is 0. The molecule has 0 saturated carbocycles. The molecule has 2 heterocycles. The van der Waals surface area contributed by atoms with Gasteiger partial charge >= 0.3 is 5.97 Å². The molecule has 1 saturated heterocycles. The molecule has 1 atom stereocenters. The fourth-order valence-corrected chi connectivity index (χ4v) is 3.77. The van der Waals surface area contributed by atoms with Crippen molar-refractivity contribution in [2.45, 2.75) is 70.8 Å². The summed E-state index contributed by atoms with van der Waals surface area (Å²) in [4.78, 5) is 29.8. The lowest BCUT2D eigenvalue weighted by Crippen LogP contribution is -2.44. The lowest BCUT2D eigenvalue weighted by Gasteiger charge is -2.35. The number of carboxylic acids is 1. The van der Waals surface area contributed by atoms with E-state index < -0.39 is 5.97 Å². The molecule has 1 unspecified atom stereocenters. The maximum atomic E-state index is 12.7. The minimum atomic E-state index is -0.817. The second kappa shape index (κ2) is 9.67. The molecular weight excluding hydrogens is 370 g/mol. The normalized spacial score (nSPS) is 16.9. The van der Waals surface area contributed by atoms with Crippen LogP contribution in [0, 0.1) is 0 Å². The van der Waals surface area contributed by atoms with Crippen LogP contribution in [0.5, 0.6) is 0 Å². The summed E-state index contributed by atoms with van der Waals surface area (Å²) in [5, 5.41) is 13.0. The Morgan fingerprint density at radius 3 is 2.66 bits per heavy atom. The molecule has 7 heteroatoms. The number of nitrogens with zero attached hydrogens (tertiary/aromatic N) is 3. The summed E-state index contributed by atoms with van der Waals surface area (Å²) >= 11 is 0. The predicted molar refractivity (Wildman–Crippen MR) is 108 cm³/mol. The van der Waals surface area contributed by atoms with Gasteiger partial charge in [0.25, 0.3) is 0 Å². The predicted octanol–water partition coefficient (Wildman–Crippen LogP) is 4.04. The van der Waals surface area contributed by atoms with Crippen LogP contribution in [0.4, 0.5) is 0 Å². The molecule has 3 rings (SSSR count). The van der Waals surface area contributed by atoms with Crippen molar-refractivity contribution in [3.8, 4) is 11.4 Å². The van der Waals surface area contributed by atoms with Gasteiger partial charge in [-0.3, -0.25) is 9.59 Å². The summed E-state index contributed by atoms with van der Waals surface area (Å²) in [5.41, 5.74) is 2.14. The number of likely N-dealkylation sites (tertiary alicyclic amines) is 1. The lowest BCUT2D eigenvalue weighted by molar-refractivity contribution is -0.140. The van der Waals surface area contributed by atoms with Crippen LogP contribution >= 0.6 is 0 Å². The van der Waals surface area contributed by atoms with E-state index in [4.69, 9.17) is 9.63 Å². The van der Waals surface area contributed by atoms with Gasteiger partial charge in [0.15, 0.2) is 0 Å². The molecule has 1 N–H and O–H groups in total. The number of carbonyl (C=O) groups excluding carboxylic acids is 1. The first-order valence-electron chi connectivity index (χ1n) is 10.4. The number of amides is 1. The van der Waals surface area contributed by atoms with E-state index >= 15 is 0 Å². The Labute approximate surface area is 171 Å². The third-order valence-corrected chi connectivity index (χ3v) is 5.50. The quantitative estimate of drug-likeness (QED) is 0.720. The zero-order valence-corrected chi connectivity index (χ0v) is 17.1. The minimum Gasteiger partial charge on any atom is -0.481 e. The number of aromatic nitrogens is 2. The molecule has 1 aromatic heterocycles. The first-order chi connectivity index (χ1) is 13.9. The summed E-state index contributed by atoms with van der Waals surface area (Å²) in [6, 6.07) is 8.11. The van der Waals surface area contributed by atoms with Crippen LogP contribution in [-0.2, 0) is 16.0 Å². The van der Waals surface area contributed by atoms with Crippen LogP contribution in [-0.4, -0.2) is 44.6 Å². The Morgan fingerprint density at radius 2 is 1.97 bits per heavy atom. The molecule has 2 aromatic rings. The number of carboxylic acid groups (broad SMARTS) is 1. The molecule has 1 fully saturated rings. The largest absolute Gasteiger partial charge is 0.481 e. The van der Waals surface area contributed by atoms with Crippen molar-refractivity contribution < 1.29 is 19.2 Å². The van der Waals surface area contributed by atoms with E-state index in [2.05, 4.69) is 36.1 Å². The van der Waals surface area contributed by atoms with Gasteiger partial charge in [0.05, 0.1) is 0 Å². The average molecular weight is 399 g/mol. The van der Waals surface area contributed by atoms with Gasteiger partial charge in [-0.15, -0.1) is 0 Å². The highest BCUT2D eigenvalue weighted by atomic mass is 16.5. The van der Waals surface area contributed by atoms with E-state index in [0.29, 0.717) is 37.0 Å². The number of carbonyl (C=O) groups is 2. The third kappa shape index (κ3) is 5.65. The van der Waals surface area contributed by atoms with Crippen molar-refractivity contribution in [3.63, 3.8) is 0 Å². The highest BCUT2D eigenvalue weighted by molar-refractivity contribution is 5.77. The van der Waals surface area contributed by atoms with Crippen LogP contribution in [0.25, 0.3) is 11.4 Å². The standard InChI is InChI=1S/C22H29N3O4/c1-15(2)16-6-8-17(9-7-16)22-23-19(29-24-22)11-12-20(26)25-14-4-3-5-18(25)10-13-21(27)28/h6-9,15,18H,3-5,10-14H2,1-2H3,(H,27,28). The van der Waals surface area contributed by atoms with Crippen LogP contribution in [0.1, 0.15) is 69.7 Å². The number of benzene rings is 1. The zero-order chi connectivity index (χ0) is 20.8. The maximum absolute atomic E-state index is 12.7. The molecule has 0 radical (unpaired) electrons. The number of hydrogen-bond acceptors (Lipinski definition) is 5. The first-order valence-corrected chi connectivity index (χ1v) is 10.4. The van der Waals surface area contributed by atoms with E-state index in [9.17, 15) is 9.59 Å². The number of piperidine rings is 1. The fourth-order valence-electron chi connectivity index (χ4n) is 3.77. The highest BCUT2D eigenvalue weighted by Gasteiger charge is 2.27. The summed E-state index contributed by atoms with van der Waals surface area (Å²) in [6.45, 7) is 4.99. The molecule has 1 aromatic carbocycles. The summed E-state index contributed by atoms with van der Waals surface area (Å²) in [6.07, 6.45) is 4.16. The van der Waals surface area contributed by atoms with Gasteiger partial charge in [-0.2, -0.15) is 4.98 Å². The van der Waals surface area contributed by atoms with Gasteiger partial charge in [-0.05, 0) is 37.2 Å². The van der Waals surface area contributed by atoms with Crippen molar-refractivity contribution >= 4 is 11.9 Å². The molecule has 7 nitrogen and oxygen atoms in total. The average Bonchev–Trinajstić information content (AvgIpc) is 3.20. The molecule has 1 amide bonds. The topological polar surface area (TPSA) is 96.5 Å². The Hall–Kier alpha value is -2.70. The van der Waals surface area contributed by atoms with Crippen molar-refractivity contribution in [3.05, 3.63) is 35.7 Å². The van der Waals surface area contributed by atoms with Crippen molar-refractivity contribution in [1.82, 2.24) is 15.0 Å². The maximum Gasteiger partial charge on any atom is 0.303 e. The Morgan fingerprint density at radius 1 is 1.21 bits per heavy atom. The number of aliphatic carboxylic acids is 1. The zero-order valence-electron chi connectivity index (χ0n) is 17.1. The third-order valence-electron chi connectivity index (χ3n) is 5.50. The second-order valence-corrected chi connectivity index (χ2v) is 7.96. The monoisotopic (exact) mass is 399 g/mol. The van der Waals surface area contributed by atoms with Crippen LogP contribution in [0.15, 0.2) is 28.8 Å². The lowest BCUT2D eigenvalue weighted by atomic mass is 9.97. The molecule has 0 aliphatic carbocycles. The Kier molecular flexibility index (Phi) is 7.01. The number of aryl methyl sites for hydroxylation is 1. The highest BCUT2D eigenvalue weighted by Crippen LogP contribution is 2.23. The van der Waals surface area contributed by atoms with E-state index in [1.807, 2.05) is 17.0 Å². The van der Waals surface area contributed by atoms with Crippen LogP contribution in [0.3, 0.4) is 0 Å². The first kappa shape index (κ1) is 21.0.